The highest BCUT2D eigenvalue weighted by molar-refractivity contribution is 5.36. The normalized spacial score (nSPS) is 11.1. The molecule has 0 unspecified atom stereocenters. The number of nitrogens with one attached hydrogen (secondary N) is 1. The van der Waals surface area contributed by atoms with E-state index in [0.717, 1.165) is 50.9 Å². The van der Waals surface area contributed by atoms with Crippen LogP contribution in [0, 0.1) is 5.92 Å². The second-order valence-corrected chi connectivity index (χ2v) is 5.17. The van der Waals surface area contributed by atoms with Crippen LogP contribution in [0.2, 0.25) is 0 Å². The smallest absolute Gasteiger partial charge is 0.147 e. The minimum atomic E-state index is 0.643. The Labute approximate surface area is 122 Å². The van der Waals surface area contributed by atoms with Crippen molar-refractivity contribution in [3.8, 4) is 0 Å². The van der Waals surface area contributed by atoms with Crippen molar-refractivity contribution >= 4 is 5.82 Å². The molecule has 5 nitrogen and oxygen atoms in total. The Balaban J connectivity index is 2.55. The monoisotopic (exact) mass is 280 g/mol. The van der Waals surface area contributed by atoms with Gasteiger partial charge in [-0.05, 0) is 26.3 Å². The molecule has 0 saturated heterocycles. The summed E-state index contributed by atoms with van der Waals surface area (Å²) in [6, 6.07) is 0. The molecule has 0 radical (unpaired) electrons. The van der Waals surface area contributed by atoms with Crippen molar-refractivity contribution in [1.82, 2.24) is 15.3 Å². The summed E-state index contributed by atoms with van der Waals surface area (Å²) in [6.45, 7) is 13.5. The Morgan fingerprint density at radius 1 is 1.30 bits per heavy atom. The third-order valence-electron chi connectivity index (χ3n) is 2.95. The topological polar surface area (TPSA) is 50.3 Å². The van der Waals surface area contributed by atoms with Crippen LogP contribution in [-0.2, 0) is 11.3 Å². The maximum atomic E-state index is 5.41. The van der Waals surface area contributed by atoms with Crippen molar-refractivity contribution in [3.05, 3.63) is 18.1 Å². The number of hydrogen-bond acceptors (Lipinski definition) is 5. The van der Waals surface area contributed by atoms with Crippen LogP contribution in [0.5, 0.6) is 0 Å². The number of aromatic nitrogens is 2. The van der Waals surface area contributed by atoms with E-state index in [9.17, 15) is 0 Å². The summed E-state index contributed by atoms with van der Waals surface area (Å²) >= 11 is 0. The molecule has 0 aliphatic carbocycles. The minimum absolute atomic E-state index is 0.643. The molecule has 1 rings (SSSR count). The molecule has 5 heteroatoms. The Morgan fingerprint density at radius 2 is 2.10 bits per heavy atom. The van der Waals surface area contributed by atoms with Gasteiger partial charge < -0.3 is 15.0 Å². The van der Waals surface area contributed by atoms with Crippen molar-refractivity contribution in [3.63, 3.8) is 0 Å². The van der Waals surface area contributed by atoms with Crippen molar-refractivity contribution in [1.29, 1.82) is 0 Å². The zero-order chi connectivity index (χ0) is 14.8. The molecule has 20 heavy (non-hydrogen) atoms. The van der Waals surface area contributed by atoms with Crippen LogP contribution in [-0.4, -0.2) is 42.8 Å². The van der Waals surface area contributed by atoms with Crippen molar-refractivity contribution in [2.75, 3.05) is 37.7 Å². The lowest BCUT2D eigenvalue weighted by molar-refractivity contribution is 0.154. The predicted octanol–water partition coefficient (Wildman–Crippen LogP) is 2.08. The van der Waals surface area contributed by atoms with E-state index in [1.165, 1.54) is 0 Å². The van der Waals surface area contributed by atoms with E-state index in [1.54, 1.807) is 0 Å². The molecule has 0 amide bonds. The molecule has 1 N–H and O–H groups in total. The first-order valence-corrected chi connectivity index (χ1v) is 7.51. The molecule has 0 atom stereocenters. The van der Waals surface area contributed by atoms with Gasteiger partial charge in [0.15, 0.2) is 0 Å². The third kappa shape index (κ3) is 6.30. The van der Waals surface area contributed by atoms with Crippen LogP contribution in [0.15, 0.2) is 12.4 Å². The van der Waals surface area contributed by atoms with Gasteiger partial charge in [-0.25, -0.2) is 4.98 Å². The minimum Gasteiger partial charge on any atom is -0.380 e. The van der Waals surface area contributed by atoms with Crippen LogP contribution < -0.4 is 10.2 Å². The summed E-state index contributed by atoms with van der Waals surface area (Å²) in [4.78, 5) is 11.1. The maximum absolute atomic E-state index is 5.41. The lowest BCUT2D eigenvalue weighted by atomic mass is 10.2. The Kier molecular flexibility index (Phi) is 8.14. The van der Waals surface area contributed by atoms with E-state index in [-0.39, 0.29) is 0 Å². The molecule has 114 valence electrons. The van der Waals surface area contributed by atoms with Crippen molar-refractivity contribution in [2.24, 2.45) is 5.92 Å². The van der Waals surface area contributed by atoms with E-state index < -0.39 is 0 Å². The molecular weight excluding hydrogens is 252 g/mol. The van der Waals surface area contributed by atoms with Crippen LogP contribution >= 0.6 is 0 Å². The second kappa shape index (κ2) is 9.66. The van der Waals surface area contributed by atoms with Gasteiger partial charge in [0.25, 0.3) is 0 Å². The fourth-order valence-electron chi connectivity index (χ4n) is 1.88. The first kappa shape index (κ1) is 16.9. The lowest BCUT2D eigenvalue weighted by Crippen LogP contribution is -2.28. The van der Waals surface area contributed by atoms with Gasteiger partial charge in [0.1, 0.15) is 5.82 Å². The highest BCUT2D eigenvalue weighted by Crippen LogP contribution is 2.09. The number of hydrogen-bond donors (Lipinski definition) is 1. The number of rotatable bonds is 10. The van der Waals surface area contributed by atoms with Crippen molar-refractivity contribution < 1.29 is 4.74 Å². The van der Waals surface area contributed by atoms with Crippen molar-refractivity contribution in [2.45, 2.75) is 34.2 Å². The number of likely N-dealkylation sites (N-methyl/N-ethyl adjacent to an activating group) is 1. The number of ether oxygens (including phenoxy) is 1. The zero-order valence-corrected chi connectivity index (χ0v) is 13.2. The molecule has 0 aliphatic heterocycles. The zero-order valence-electron chi connectivity index (χ0n) is 13.2. The van der Waals surface area contributed by atoms with E-state index in [0.29, 0.717) is 5.92 Å². The third-order valence-corrected chi connectivity index (χ3v) is 2.95. The fraction of sp³-hybridized carbons (Fsp3) is 0.733. The van der Waals surface area contributed by atoms with Crippen LogP contribution in [0.3, 0.4) is 0 Å². The molecule has 0 saturated carbocycles. The fourth-order valence-corrected chi connectivity index (χ4v) is 1.88. The van der Waals surface area contributed by atoms with Crippen LogP contribution in [0.25, 0.3) is 0 Å². The largest absolute Gasteiger partial charge is 0.380 e. The molecule has 0 aliphatic rings. The van der Waals surface area contributed by atoms with Gasteiger partial charge in [0, 0.05) is 32.4 Å². The molecule has 0 bridgehead atoms. The second-order valence-electron chi connectivity index (χ2n) is 5.17. The number of nitrogens with zero attached hydrogens (tertiary/aromatic N) is 3. The van der Waals surface area contributed by atoms with Gasteiger partial charge in [-0.2, -0.15) is 0 Å². The molecule has 0 fully saturated rings. The van der Waals surface area contributed by atoms with Gasteiger partial charge in [0.05, 0.1) is 18.5 Å². The summed E-state index contributed by atoms with van der Waals surface area (Å²) < 4.78 is 5.41. The van der Waals surface area contributed by atoms with Gasteiger partial charge in [-0.3, -0.25) is 4.98 Å². The standard InChI is InChI=1S/C15H28N4O/c1-5-19(7-8-20-6-2)15-12-17-11-14(18-15)10-16-9-13(3)4/h11-13,16H,5-10H2,1-4H3. The van der Waals surface area contributed by atoms with Gasteiger partial charge in [-0.1, -0.05) is 13.8 Å². The highest BCUT2D eigenvalue weighted by Gasteiger charge is 2.07. The Bertz CT molecular complexity index is 371. The molecule has 0 aromatic carbocycles. The quantitative estimate of drug-likeness (QED) is 0.665. The highest BCUT2D eigenvalue weighted by atomic mass is 16.5. The first-order chi connectivity index (χ1) is 9.67. The summed E-state index contributed by atoms with van der Waals surface area (Å²) in [6.07, 6.45) is 3.65. The Hall–Kier alpha value is -1.20. The maximum Gasteiger partial charge on any atom is 0.147 e. The average Bonchev–Trinajstić information content (AvgIpc) is 2.44. The van der Waals surface area contributed by atoms with Crippen LogP contribution in [0.4, 0.5) is 5.82 Å². The van der Waals surface area contributed by atoms with E-state index in [2.05, 4.69) is 41.0 Å². The number of anilines is 1. The average molecular weight is 280 g/mol. The molecule has 0 spiro atoms. The SMILES string of the molecule is CCOCCN(CC)c1cncc(CNCC(C)C)n1. The summed E-state index contributed by atoms with van der Waals surface area (Å²) in [7, 11) is 0. The van der Waals surface area contributed by atoms with E-state index in [1.807, 2.05) is 19.3 Å². The van der Waals surface area contributed by atoms with E-state index in [4.69, 9.17) is 4.74 Å². The molecular formula is C15H28N4O. The Morgan fingerprint density at radius 3 is 2.75 bits per heavy atom. The van der Waals surface area contributed by atoms with E-state index >= 15 is 0 Å². The van der Waals surface area contributed by atoms with Crippen LogP contribution in [0.1, 0.15) is 33.4 Å². The lowest BCUT2D eigenvalue weighted by Gasteiger charge is -2.21. The van der Waals surface area contributed by atoms with Gasteiger partial charge in [-0.15, -0.1) is 0 Å². The van der Waals surface area contributed by atoms with Gasteiger partial charge >= 0.3 is 0 Å². The summed E-state index contributed by atoms with van der Waals surface area (Å²) in [5.41, 5.74) is 0.984. The molecule has 1 heterocycles. The van der Waals surface area contributed by atoms with Gasteiger partial charge in [0.2, 0.25) is 0 Å². The molecule has 1 aromatic heterocycles. The summed E-state index contributed by atoms with van der Waals surface area (Å²) in [5.74, 6) is 1.57. The summed E-state index contributed by atoms with van der Waals surface area (Å²) in [5, 5.41) is 3.39. The predicted molar refractivity (Wildman–Crippen MR) is 83.0 cm³/mol. The first-order valence-electron chi connectivity index (χ1n) is 7.51. The molecule has 1 aromatic rings.